The van der Waals surface area contributed by atoms with Gasteiger partial charge in [0.15, 0.2) is 5.82 Å². The van der Waals surface area contributed by atoms with Gasteiger partial charge in [0.05, 0.1) is 11.6 Å². The van der Waals surface area contributed by atoms with Gasteiger partial charge >= 0.3 is 0 Å². The van der Waals surface area contributed by atoms with Gasteiger partial charge in [-0.1, -0.05) is 41.5 Å². The molecule has 0 saturated carbocycles. The number of hydrogen-bond acceptors (Lipinski definition) is 4. The van der Waals surface area contributed by atoms with Gasteiger partial charge in [-0.15, -0.1) is 10.2 Å². The van der Waals surface area contributed by atoms with Crippen LogP contribution in [0.5, 0.6) is 0 Å². The monoisotopic (exact) mass is 386 g/mol. The molecule has 1 aliphatic rings. The Labute approximate surface area is 171 Å². The average molecular weight is 386 g/mol. The predicted molar refractivity (Wildman–Crippen MR) is 117 cm³/mol. The lowest BCUT2D eigenvalue weighted by atomic mass is 9.97. The summed E-state index contributed by atoms with van der Waals surface area (Å²) in [6.45, 7) is 5.67. The third-order valence-electron chi connectivity index (χ3n) is 5.40. The first-order valence-corrected chi connectivity index (χ1v) is 10.1. The van der Waals surface area contributed by atoms with Crippen molar-refractivity contribution >= 4 is 17.4 Å². The molecule has 2 aromatic carbocycles. The molecule has 5 heteroatoms. The fraction of sp³-hybridized carbons (Fsp3) is 0.292. The maximum absolute atomic E-state index is 12.7. The molecule has 1 fully saturated rings. The molecular formula is C24H26N4O. The van der Waals surface area contributed by atoms with Crippen LogP contribution in [0, 0.1) is 19.8 Å². The Hall–Kier alpha value is -3.21. The van der Waals surface area contributed by atoms with Crippen LogP contribution in [0.3, 0.4) is 0 Å². The Balaban J connectivity index is 1.42. The fourth-order valence-electron chi connectivity index (χ4n) is 3.73. The average Bonchev–Trinajstić information content (AvgIpc) is 2.75. The van der Waals surface area contributed by atoms with Gasteiger partial charge < -0.3 is 10.2 Å². The molecule has 29 heavy (non-hydrogen) atoms. The lowest BCUT2D eigenvalue weighted by molar-refractivity contribution is -0.120. The van der Waals surface area contributed by atoms with E-state index >= 15 is 0 Å². The van der Waals surface area contributed by atoms with Gasteiger partial charge in [0.1, 0.15) is 0 Å². The molecule has 2 heterocycles. The molecule has 1 saturated heterocycles. The first-order valence-electron chi connectivity index (χ1n) is 10.1. The SMILES string of the molecule is Cc1ccc(NC(=O)C2CCCN(c3ccc(-c4cccc(C)c4)nn3)C2)cc1. The van der Waals surface area contributed by atoms with Crippen molar-refractivity contribution in [3.63, 3.8) is 0 Å². The lowest BCUT2D eigenvalue weighted by Gasteiger charge is -2.32. The van der Waals surface area contributed by atoms with E-state index in [1.165, 1.54) is 11.1 Å². The van der Waals surface area contributed by atoms with Gasteiger partial charge in [0, 0.05) is 24.3 Å². The Morgan fingerprint density at radius 2 is 1.83 bits per heavy atom. The highest BCUT2D eigenvalue weighted by atomic mass is 16.1. The molecule has 0 spiro atoms. The fourth-order valence-corrected chi connectivity index (χ4v) is 3.73. The van der Waals surface area contributed by atoms with Crippen molar-refractivity contribution in [1.82, 2.24) is 10.2 Å². The largest absolute Gasteiger partial charge is 0.354 e. The first kappa shape index (κ1) is 19.1. The number of aromatic nitrogens is 2. The second-order valence-electron chi connectivity index (χ2n) is 7.79. The highest BCUT2D eigenvalue weighted by molar-refractivity contribution is 5.93. The number of carbonyl (C=O) groups is 1. The summed E-state index contributed by atoms with van der Waals surface area (Å²) < 4.78 is 0. The van der Waals surface area contributed by atoms with Crippen LogP contribution >= 0.6 is 0 Å². The lowest BCUT2D eigenvalue weighted by Crippen LogP contribution is -2.41. The summed E-state index contributed by atoms with van der Waals surface area (Å²) in [6, 6.07) is 20.2. The van der Waals surface area contributed by atoms with E-state index < -0.39 is 0 Å². The maximum Gasteiger partial charge on any atom is 0.229 e. The van der Waals surface area contributed by atoms with E-state index in [2.05, 4.69) is 39.5 Å². The van der Waals surface area contributed by atoms with E-state index in [-0.39, 0.29) is 11.8 Å². The van der Waals surface area contributed by atoms with Crippen LogP contribution in [0.4, 0.5) is 11.5 Å². The number of carbonyl (C=O) groups excluding carboxylic acids is 1. The topological polar surface area (TPSA) is 58.1 Å². The number of amides is 1. The van der Waals surface area contributed by atoms with Crippen LogP contribution in [-0.2, 0) is 4.79 Å². The van der Waals surface area contributed by atoms with Crippen LogP contribution < -0.4 is 10.2 Å². The highest BCUT2D eigenvalue weighted by Crippen LogP contribution is 2.24. The van der Waals surface area contributed by atoms with E-state index in [0.717, 1.165) is 42.1 Å². The number of piperidine rings is 1. The normalized spacial score (nSPS) is 16.5. The number of nitrogens with one attached hydrogen (secondary N) is 1. The van der Waals surface area contributed by atoms with E-state index in [0.29, 0.717) is 6.54 Å². The molecule has 4 rings (SSSR count). The molecule has 0 bridgehead atoms. The standard InChI is InChI=1S/C24H26N4O/c1-17-8-10-21(11-9-17)25-24(29)20-7-4-14-28(16-20)23-13-12-22(26-27-23)19-6-3-5-18(2)15-19/h3,5-6,8-13,15,20H,4,7,14,16H2,1-2H3,(H,25,29). The number of anilines is 2. The Morgan fingerprint density at radius 1 is 1.00 bits per heavy atom. The molecule has 1 unspecified atom stereocenters. The Kier molecular flexibility index (Phi) is 5.56. The summed E-state index contributed by atoms with van der Waals surface area (Å²) in [7, 11) is 0. The van der Waals surface area contributed by atoms with Crippen molar-refractivity contribution in [2.24, 2.45) is 5.92 Å². The van der Waals surface area contributed by atoms with Crippen molar-refractivity contribution in [3.8, 4) is 11.3 Å². The number of aryl methyl sites for hydroxylation is 2. The number of rotatable bonds is 4. The zero-order valence-corrected chi connectivity index (χ0v) is 16.9. The quantitative estimate of drug-likeness (QED) is 0.711. The van der Waals surface area contributed by atoms with E-state index in [4.69, 9.17) is 0 Å². The zero-order chi connectivity index (χ0) is 20.2. The van der Waals surface area contributed by atoms with Crippen LogP contribution in [0.15, 0.2) is 60.7 Å². The smallest absolute Gasteiger partial charge is 0.229 e. The summed E-state index contributed by atoms with van der Waals surface area (Å²) in [6.07, 6.45) is 1.86. The molecule has 148 valence electrons. The van der Waals surface area contributed by atoms with Crippen LogP contribution in [0.1, 0.15) is 24.0 Å². The third-order valence-corrected chi connectivity index (χ3v) is 5.40. The second-order valence-corrected chi connectivity index (χ2v) is 7.79. The first-order chi connectivity index (χ1) is 14.1. The molecule has 1 N–H and O–H groups in total. The van der Waals surface area contributed by atoms with Crippen molar-refractivity contribution in [2.45, 2.75) is 26.7 Å². The molecule has 1 atom stereocenters. The van der Waals surface area contributed by atoms with E-state index in [9.17, 15) is 4.79 Å². The minimum atomic E-state index is -0.0525. The van der Waals surface area contributed by atoms with Crippen LogP contribution in [0.25, 0.3) is 11.3 Å². The number of nitrogens with zero attached hydrogens (tertiary/aromatic N) is 3. The summed E-state index contributed by atoms with van der Waals surface area (Å²) in [5.41, 5.74) is 5.16. The minimum Gasteiger partial charge on any atom is -0.354 e. The van der Waals surface area contributed by atoms with Crippen molar-refractivity contribution in [3.05, 3.63) is 71.8 Å². The predicted octanol–water partition coefficient (Wildman–Crippen LogP) is 4.62. The van der Waals surface area contributed by atoms with Gasteiger partial charge in [-0.3, -0.25) is 4.79 Å². The number of hydrogen-bond donors (Lipinski definition) is 1. The van der Waals surface area contributed by atoms with E-state index in [1.807, 2.05) is 55.5 Å². The maximum atomic E-state index is 12.7. The Morgan fingerprint density at radius 3 is 2.55 bits per heavy atom. The summed E-state index contributed by atoms with van der Waals surface area (Å²) in [4.78, 5) is 14.9. The highest BCUT2D eigenvalue weighted by Gasteiger charge is 2.26. The minimum absolute atomic E-state index is 0.0525. The van der Waals surface area contributed by atoms with Gasteiger partial charge in [-0.05, 0) is 57.0 Å². The Bertz CT molecular complexity index is 983. The summed E-state index contributed by atoms with van der Waals surface area (Å²) in [5, 5.41) is 11.9. The molecule has 5 nitrogen and oxygen atoms in total. The summed E-state index contributed by atoms with van der Waals surface area (Å²) >= 11 is 0. The van der Waals surface area contributed by atoms with Crippen molar-refractivity contribution in [2.75, 3.05) is 23.3 Å². The third kappa shape index (κ3) is 4.62. The van der Waals surface area contributed by atoms with Gasteiger partial charge in [0.25, 0.3) is 0 Å². The molecule has 0 aliphatic carbocycles. The molecule has 0 radical (unpaired) electrons. The molecule has 3 aromatic rings. The van der Waals surface area contributed by atoms with Crippen LogP contribution in [0.2, 0.25) is 0 Å². The molecule has 1 aliphatic heterocycles. The van der Waals surface area contributed by atoms with Gasteiger partial charge in [-0.25, -0.2) is 0 Å². The van der Waals surface area contributed by atoms with Crippen molar-refractivity contribution < 1.29 is 4.79 Å². The molecule has 1 amide bonds. The van der Waals surface area contributed by atoms with Gasteiger partial charge in [0.2, 0.25) is 5.91 Å². The number of benzene rings is 2. The molecule has 1 aromatic heterocycles. The summed E-state index contributed by atoms with van der Waals surface area (Å²) in [5.74, 6) is 0.848. The van der Waals surface area contributed by atoms with E-state index in [1.54, 1.807) is 0 Å². The second kappa shape index (κ2) is 8.43. The van der Waals surface area contributed by atoms with Crippen molar-refractivity contribution in [1.29, 1.82) is 0 Å². The van der Waals surface area contributed by atoms with Crippen LogP contribution in [-0.4, -0.2) is 29.2 Å². The van der Waals surface area contributed by atoms with Gasteiger partial charge in [-0.2, -0.15) is 0 Å². The zero-order valence-electron chi connectivity index (χ0n) is 16.9. The molecular weight excluding hydrogens is 360 g/mol.